The molecule has 2 N–H and O–H groups in total. The van der Waals surface area contributed by atoms with E-state index in [-0.39, 0.29) is 5.50 Å². The van der Waals surface area contributed by atoms with Gasteiger partial charge in [-0.3, -0.25) is 4.98 Å². The van der Waals surface area contributed by atoms with Crippen molar-refractivity contribution in [1.82, 2.24) is 9.97 Å². The number of anilines is 1. The lowest BCUT2D eigenvalue weighted by molar-refractivity contribution is 0.478. The van der Waals surface area contributed by atoms with Crippen molar-refractivity contribution in [2.24, 2.45) is 5.73 Å². The minimum Gasteiger partial charge on any atom is -0.453 e. The summed E-state index contributed by atoms with van der Waals surface area (Å²) in [4.78, 5) is 12.1. The first-order valence-corrected chi connectivity index (χ1v) is 10.8. The number of allylic oxidation sites excluding steroid dienone is 1. The number of nitrogens with two attached hydrogens (primary N) is 1. The fourth-order valence-electron chi connectivity index (χ4n) is 2.78. The summed E-state index contributed by atoms with van der Waals surface area (Å²) in [6, 6.07) is 17.7. The summed E-state index contributed by atoms with van der Waals surface area (Å²) in [5.41, 5.74) is 8.13. The van der Waals surface area contributed by atoms with Crippen molar-refractivity contribution in [3.05, 3.63) is 83.8 Å². The summed E-state index contributed by atoms with van der Waals surface area (Å²) in [6.07, 6.45) is 3.67. The van der Waals surface area contributed by atoms with Crippen LogP contribution in [0.4, 0.5) is 5.82 Å². The Morgan fingerprint density at radius 2 is 1.96 bits per heavy atom. The van der Waals surface area contributed by atoms with Crippen LogP contribution in [0.25, 0.3) is 0 Å². The maximum absolute atomic E-state index is 6.26. The lowest BCUT2D eigenvalue weighted by Crippen LogP contribution is -2.35. The van der Waals surface area contributed by atoms with Crippen LogP contribution in [0.3, 0.4) is 0 Å². The van der Waals surface area contributed by atoms with Crippen molar-refractivity contribution in [1.29, 1.82) is 0 Å². The number of pyridine rings is 2. The van der Waals surface area contributed by atoms with E-state index in [1.54, 1.807) is 23.5 Å². The quantitative estimate of drug-likeness (QED) is 0.561. The largest absolute Gasteiger partial charge is 0.453 e. The number of aromatic nitrogens is 2. The highest BCUT2D eigenvalue weighted by Crippen LogP contribution is 2.40. The van der Waals surface area contributed by atoms with Crippen LogP contribution in [0.1, 0.15) is 12.6 Å². The Bertz CT molecular complexity index is 967. The second-order valence-corrected chi connectivity index (χ2v) is 8.21. The Balaban J connectivity index is 1.63. The number of hydrogen-bond acceptors (Lipinski definition) is 7. The third kappa shape index (κ3) is 4.32. The van der Waals surface area contributed by atoms with E-state index in [0.29, 0.717) is 5.75 Å². The van der Waals surface area contributed by atoms with E-state index in [9.17, 15) is 0 Å². The number of rotatable bonds is 6. The zero-order valence-corrected chi connectivity index (χ0v) is 17.0. The van der Waals surface area contributed by atoms with Crippen molar-refractivity contribution < 1.29 is 4.74 Å². The number of nitrogens with zero attached hydrogens (tertiary/aromatic N) is 3. The smallest absolute Gasteiger partial charge is 0.178 e. The SMILES string of the molecule is CC1=CSC(N)N1c1ncc(SCc2ccccn2)cc1Oc1ccccc1. The predicted molar refractivity (Wildman–Crippen MR) is 116 cm³/mol. The molecule has 4 rings (SSSR count). The van der Waals surface area contributed by atoms with Gasteiger partial charge in [0.2, 0.25) is 0 Å². The van der Waals surface area contributed by atoms with Crippen molar-refractivity contribution in [2.45, 2.75) is 23.1 Å². The van der Waals surface area contributed by atoms with Crippen molar-refractivity contribution in [3.63, 3.8) is 0 Å². The van der Waals surface area contributed by atoms with E-state index in [2.05, 4.69) is 4.98 Å². The highest BCUT2D eigenvalue weighted by atomic mass is 32.2. The Morgan fingerprint density at radius 1 is 1.14 bits per heavy atom. The molecule has 0 radical (unpaired) electrons. The molecule has 0 fully saturated rings. The number of hydrogen-bond donors (Lipinski definition) is 1. The normalized spacial score (nSPS) is 16.1. The molecule has 142 valence electrons. The summed E-state index contributed by atoms with van der Waals surface area (Å²) in [5, 5.41) is 2.04. The van der Waals surface area contributed by atoms with Gasteiger partial charge in [0, 0.05) is 28.7 Å². The molecular formula is C21H20N4OS2. The van der Waals surface area contributed by atoms with Gasteiger partial charge in [-0.05, 0) is 42.7 Å². The first-order chi connectivity index (χ1) is 13.7. The Morgan fingerprint density at radius 3 is 2.68 bits per heavy atom. The standard InChI is InChI=1S/C21H20N4OS2/c1-15-13-28-21(22)25(15)20-19(26-17-8-3-2-4-9-17)11-18(12-24-20)27-14-16-7-5-6-10-23-16/h2-13,21H,14,22H2,1H3. The third-order valence-corrected chi connectivity index (χ3v) is 6.10. The molecule has 0 saturated carbocycles. The number of benzene rings is 1. The summed E-state index contributed by atoms with van der Waals surface area (Å²) in [5.74, 6) is 2.93. The van der Waals surface area contributed by atoms with Crippen molar-refractivity contribution >= 4 is 29.3 Å². The van der Waals surface area contributed by atoms with Gasteiger partial charge in [-0.1, -0.05) is 36.0 Å². The highest BCUT2D eigenvalue weighted by molar-refractivity contribution is 8.03. The van der Waals surface area contributed by atoms with Crippen LogP contribution >= 0.6 is 23.5 Å². The second kappa shape index (κ2) is 8.68. The van der Waals surface area contributed by atoms with Crippen LogP contribution in [0.15, 0.2) is 83.0 Å². The molecule has 1 unspecified atom stereocenters. The molecule has 5 nitrogen and oxygen atoms in total. The molecule has 1 aliphatic heterocycles. The summed E-state index contributed by atoms with van der Waals surface area (Å²) in [6.45, 7) is 2.03. The van der Waals surface area contributed by atoms with Gasteiger partial charge in [-0.2, -0.15) is 0 Å². The van der Waals surface area contributed by atoms with Crippen LogP contribution < -0.4 is 15.4 Å². The predicted octanol–water partition coefficient (Wildman–Crippen LogP) is 5.22. The van der Waals surface area contributed by atoms with Gasteiger partial charge in [0.1, 0.15) is 11.2 Å². The molecule has 3 heterocycles. The van der Waals surface area contributed by atoms with Crippen LogP contribution in [-0.4, -0.2) is 15.5 Å². The van der Waals surface area contributed by atoms with Gasteiger partial charge in [0.05, 0.1) is 5.69 Å². The van der Waals surface area contributed by atoms with Gasteiger partial charge >= 0.3 is 0 Å². The monoisotopic (exact) mass is 408 g/mol. The van der Waals surface area contributed by atoms with E-state index in [1.165, 1.54) is 0 Å². The van der Waals surface area contributed by atoms with Gasteiger partial charge in [-0.25, -0.2) is 4.98 Å². The molecule has 1 aliphatic rings. The maximum atomic E-state index is 6.26. The first-order valence-electron chi connectivity index (χ1n) is 8.83. The molecule has 3 aromatic rings. The molecular weight excluding hydrogens is 388 g/mol. The average Bonchev–Trinajstić information content (AvgIpc) is 3.06. The van der Waals surface area contributed by atoms with Crippen molar-refractivity contribution in [2.75, 3.05) is 4.90 Å². The Labute approximate surface area is 173 Å². The number of ether oxygens (including phenoxy) is 1. The van der Waals surface area contributed by atoms with Gasteiger partial charge in [0.25, 0.3) is 0 Å². The maximum Gasteiger partial charge on any atom is 0.178 e. The summed E-state index contributed by atoms with van der Waals surface area (Å²) < 4.78 is 6.19. The molecule has 1 aromatic carbocycles. The molecule has 28 heavy (non-hydrogen) atoms. The molecule has 7 heteroatoms. The molecule has 1 atom stereocenters. The van der Waals surface area contributed by atoms with Crippen LogP contribution in [0, 0.1) is 0 Å². The van der Waals surface area contributed by atoms with Crippen molar-refractivity contribution in [3.8, 4) is 11.5 Å². The number of para-hydroxylation sites is 1. The van der Waals surface area contributed by atoms with E-state index in [4.69, 9.17) is 15.5 Å². The van der Waals surface area contributed by atoms with Crippen LogP contribution in [0.5, 0.6) is 11.5 Å². The molecule has 0 spiro atoms. The second-order valence-electron chi connectivity index (χ2n) is 6.17. The fraction of sp³-hybridized carbons (Fsp3) is 0.143. The minimum atomic E-state index is -0.211. The minimum absolute atomic E-state index is 0.211. The molecule has 0 saturated heterocycles. The van der Waals surface area contributed by atoms with E-state index >= 15 is 0 Å². The van der Waals surface area contributed by atoms with Crippen LogP contribution in [-0.2, 0) is 5.75 Å². The lowest BCUT2D eigenvalue weighted by atomic mass is 10.3. The van der Waals surface area contributed by atoms with Gasteiger partial charge in [0.15, 0.2) is 11.6 Å². The van der Waals surface area contributed by atoms with Crippen LogP contribution in [0.2, 0.25) is 0 Å². The Kier molecular flexibility index (Phi) is 5.85. The van der Waals surface area contributed by atoms with E-state index in [1.807, 2.05) is 84.2 Å². The van der Waals surface area contributed by atoms with Gasteiger partial charge in [-0.15, -0.1) is 11.8 Å². The summed E-state index contributed by atoms with van der Waals surface area (Å²) in [7, 11) is 0. The topological polar surface area (TPSA) is 64.3 Å². The highest BCUT2D eigenvalue weighted by Gasteiger charge is 2.27. The molecule has 0 bridgehead atoms. The zero-order chi connectivity index (χ0) is 19.3. The number of thioether (sulfide) groups is 2. The lowest BCUT2D eigenvalue weighted by Gasteiger charge is -2.26. The molecule has 0 aliphatic carbocycles. The fourth-order valence-corrected chi connectivity index (χ4v) is 4.43. The molecule has 0 amide bonds. The third-order valence-electron chi connectivity index (χ3n) is 4.13. The van der Waals surface area contributed by atoms with Gasteiger partial charge < -0.3 is 15.4 Å². The first kappa shape index (κ1) is 18.9. The Hall–Kier alpha value is -2.48. The average molecular weight is 409 g/mol. The summed E-state index contributed by atoms with van der Waals surface area (Å²) >= 11 is 3.24. The zero-order valence-electron chi connectivity index (χ0n) is 15.4. The van der Waals surface area contributed by atoms with E-state index in [0.717, 1.165) is 33.6 Å². The molecule has 2 aromatic heterocycles. The van der Waals surface area contributed by atoms with E-state index < -0.39 is 0 Å².